The Labute approximate surface area is 116 Å². The van der Waals surface area contributed by atoms with Gasteiger partial charge in [0.1, 0.15) is 0 Å². The molecule has 104 valence electrons. The molecule has 0 aliphatic rings. The average molecular weight is 271 g/mol. The number of aromatic nitrogens is 4. The molecule has 0 aliphatic heterocycles. The number of nitrogens with zero attached hydrogens (tertiary/aromatic N) is 3. The number of aromatic amines is 1. The highest BCUT2D eigenvalue weighted by atomic mass is 16.5. The minimum atomic E-state index is 0.673. The van der Waals surface area contributed by atoms with E-state index in [9.17, 15) is 0 Å². The molecule has 3 aromatic rings. The Morgan fingerprint density at radius 1 is 1.40 bits per heavy atom. The first kappa shape index (κ1) is 12.5. The molecule has 6 heteroatoms. The molecule has 2 heterocycles. The van der Waals surface area contributed by atoms with Crippen LogP contribution in [0.2, 0.25) is 0 Å². The molecule has 2 aromatic heterocycles. The standard InChI is InChI=1S/C14H17N5O/c1-9-12(14(20-3)19(2)18-9)8-15-11-4-5-13-10(6-11)7-16-17-13/h4-7,15H,8H2,1-3H3,(H,16,17). The normalized spacial score (nSPS) is 10.9. The fraction of sp³-hybridized carbons (Fsp3) is 0.286. The zero-order chi connectivity index (χ0) is 14.1. The second-order valence-electron chi connectivity index (χ2n) is 4.72. The zero-order valence-corrected chi connectivity index (χ0v) is 11.8. The summed E-state index contributed by atoms with van der Waals surface area (Å²) < 4.78 is 7.14. The fourth-order valence-electron chi connectivity index (χ4n) is 2.38. The number of fused-ring (bicyclic) bond motifs is 1. The molecule has 0 saturated carbocycles. The first-order valence-electron chi connectivity index (χ1n) is 6.42. The van der Waals surface area contributed by atoms with Gasteiger partial charge in [-0.25, -0.2) is 4.68 Å². The molecule has 2 N–H and O–H groups in total. The van der Waals surface area contributed by atoms with Gasteiger partial charge in [0.2, 0.25) is 5.88 Å². The van der Waals surface area contributed by atoms with Gasteiger partial charge >= 0.3 is 0 Å². The highest BCUT2D eigenvalue weighted by Crippen LogP contribution is 2.23. The van der Waals surface area contributed by atoms with Crippen molar-refractivity contribution < 1.29 is 4.74 Å². The van der Waals surface area contributed by atoms with E-state index < -0.39 is 0 Å². The van der Waals surface area contributed by atoms with Crippen LogP contribution in [0.25, 0.3) is 10.9 Å². The van der Waals surface area contributed by atoms with Crippen LogP contribution in [0.4, 0.5) is 5.69 Å². The maximum absolute atomic E-state index is 5.39. The smallest absolute Gasteiger partial charge is 0.216 e. The molecular weight excluding hydrogens is 254 g/mol. The molecule has 0 amide bonds. The lowest BCUT2D eigenvalue weighted by atomic mass is 10.2. The van der Waals surface area contributed by atoms with Gasteiger partial charge in [-0.15, -0.1) is 0 Å². The number of ether oxygens (including phenoxy) is 1. The second-order valence-corrected chi connectivity index (χ2v) is 4.72. The Kier molecular flexibility index (Phi) is 3.06. The fourth-order valence-corrected chi connectivity index (χ4v) is 2.38. The third kappa shape index (κ3) is 2.09. The van der Waals surface area contributed by atoms with Crippen molar-refractivity contribution in [3.05, 3.63) is 35.7 Å². The van der Waals surface area contributed by atoms with Crippen molar-refractivity contribution in [2.24, 2.45) is 7.05 Å². The molecular formula is C14H17N5O. The maximum atomic E-state index is 5.39. The Morgan fingerprint density at radius 3 is 3.05 bits per heavy atom. The molecule has 0 atom stereocenters. The molecule has 0 spiro atoms. The van der Waals surface area contributed by atoms with E-state index in [1.807, 2.05) is 32.3 Å². The average Bonchev–Trinajstić information content (AvgIpc) is 2.99. The summed E-state index contributed by atoms with van der Waals surface area (Å²) >= 11 is 0. The molecule has 0 bridgehead atoms. The number of methoxy groups -OCH3 is 1. The molecule has 6 nitrogen and oxygen atoms in total. The van der Waals surface area contributed by atoms with Crippen molar-refractivity contribution in [1.82, 2.24) is 20.0 Å². The van der Waals surface area contributed by atoms with Crippen LogP contribution < -0.4 is 10.1 Å². The van der Waals surface area contributed by atoms with Gasteiger partial charge in [0.15, 0.2) is 0 Å². The summed E-state index contributed by atoms with van der Waals surface area (Å²) in [5.41, 5.74) is 4.12. The van der Waals surface area contributed by atoms with Crippen LogP contribution >= 0.6 is 0 Å². The van der Waals surface area contributed by atoms with E-state index in [-0.39, 0.29) is 0 Å². The molecule has 0 unspecified atom stereocenters. The third-order valence-corrected chi connectivity index (χ3v) is 3.39. The monoisotopic (exact) mass is 271 g/mol. The number of benzene rings is 1. The first-order chi connectivity index (χ1) is 9.69. The lowest BCUT2D eigenvalue weighted by Gasteiger charge is -2.08. The quantitative estimate of drug-likeness (QED) is 0.763. The summed E-state index contributed by atoms with van der Waals surface area (Å²) in [6.45, 7) is 2.66. The van der Waals surface area contributed by atoms with Crippen molar-refractivity contribution in [2.75, 3.05) is 12.4 Å². The van der Waals surface area contributed by atoms with E-state index in [0.29, 0.717) is 6.54 Å². The number of hydrogen-bond acceptors (Lipinski definition) is 4. The number of nitrogens with one attached hydrogen (secondary N) is 2. The summed E-state index contributed by atoms with van der Waals surface area (Å²) in [5.74, 6) is 0.791. The third-order valence-electron chi connectivity index (χ3n) is 3.39. The van der Waals surface area contributed by atoms with Gasteiger partial charge in [0.05, 0.1) is 30.1 Å². The second kappa shape index (κ2) is 4.88. The molecule has 0 saturated heterocycles. The zero-order valence-electron chi connectivity index (χ0n) is 11.8. The molecule has 0 aliphatic carbocycles. The molecule has 1 aromatic carbocycles. The molecule has 20 heavy (non-hydrogen) atoms. The van der Waals surface area contributed by atoms with Crippen LogP contribution in [0.3, 0.4) is 0 Å². The van der Waals surface area contributed by atoms with Gasteiger partial charge in [0.25, 0.3) is 0 Å². The lowest BCUT2D eigenvalue weighted by molar-refractivity contribution is 0.370. The number of hydrogen-bond donors (Lipinski definition) is 2. The summed E-state index contributed by atoms with van der Waals surface area (Å²) in [5, 5.41) is 15.8. The Balaban J connectivity index is 1.82. The van der Waals surface area contributed by atoms with E-state index in [1.165, 1.54) is 0 Å². The van der Waals surface area contributed by atoms with Crippen molar-refractivity contribution in [3.8, 4) is 5.88 Å². The van der Waals surface area contributed by atoms with E-state index in [4.69, 9.17) is 4.74 Å². The summed E-state index contributed by atoms with van der Waals surface area (Å²) in [6, 6.07) is 6.10. The first-order valence-corrected chi connectivity index (χ1v) is 6.42. The number of rotatable bonds is 4. The largest absolute Gasteiger partial charge is 0.481 e. The number of H-pyrrole nitrogens is 1. The van der Waals surface area contributed by atoms with Gasteiger partial charge in [0, 0.05) is 24.7 Å². The van der Waals surface area contributed by atoms with Gasteiger partial charge in [-0.2, -0.15) is 10.2 Å². The Hall–Kier alpha value is -2.50. The van der Waals surface area contributed by atoms with Gasteiger partial charge in [-0.05, 0) is 25.1 Å². The number of aryl methyl sites for hydroxylation is 2. The molecule has 3 rings (SSSR count). The summed E-state index contributed by atoms with van der Waals surface area (Å²) in [6.07, 6.45) is 1.82. The van der Waals surface area contributed by atoms with Crippen LogP contribution in [-0.2, 0) is 13.6 Å². The summed E-state index contributed by atoms with van der Waals surface area (Å²) in [4.78, 5) is 0. The van der Waals surface area contributed by atoms with E-state index >= 15 is 0 Å². The van der Waals surface area contributed by atoms with Crippen LogP contribution in [0.15, 0.2) is 24.4 Å². The van der Waals surface area contributed by atoms with Gasteiger partial charge < -0.3 is 10.1 Å². The van der Waals surface area contributed by atoms with E-state index in [2.05, 4.69) is 26.7 Å². The molecule has 0 radical (unpaired) electrons. The van der Waals surface area contributed by atoms with E-state index in [0.717, 1.165) is 33.7 Å². The van der Waals surface area contributed by atoms with Crippen molar-refractivity contribution in [2.45, 2.75) is 13.5 Å². The Bertz CT molecular complexity index is 743. The van der Waals surface area contributed by atoms with Crippen LogP contribution in [0, 0.1) is 6.92 Å². The highest BCUT2D eigenvalue weighted by molar-refractivity contribution is 5.81. The predicted molar refractivity (Wildman–Crippen MR) is 77.9 cm³/mol. The van der Waals surface area contributed by atoms with Crippen LogP contribution in [0.1, 0.15) is 11.3 Å². The Morgan fingerprint density at radius 2 is 2.25 bits per heavy atom. The lowest BCUT2D eigenvalue weighted by Crippen LogP contribution is -2.02. The van der Waals surface area contributed by atoms with Crippen LogP contribution in [-0.4, -0.2) is 27.1 Å². The molecule has 0 fully saturated rings. The minimum Gasteiger partial charge on any atom is -0.481 e. The van der Waals surface area contributed by atoms with Crippen molar-refractivity contribution in [3.63, 3.8) is 0 Å². The number of anilines is 1. The SMILES string of the molecule is COc1c(CNc2ccc3[nH]ncc3c2)c(C)nn1C. The van der Waals surface area contributed by atoms with Crippen molar-refractivity contribution >= 4 is 16.6 Å². The highest BCUT2D eigenvalue weighted by Gasteiger charge is 2.13. The van der Waals surface area contributed by atoms with Crippen LogP contribution in [0.5, 0.6) is 5.88 Å². The summed E-state index contributed by atoms with van der Waals surface area (Å²) in [7, 11) is 3.55. The topological polar surface area (TPSA) is 67.8 Å². The van der Waals surface area contributed by atoms with Gasteiger partial charge in [-0.1, -0.05) is 0 Å². The van der Waals surface area contributed by atoms with Gasteiger partial charge in [-0.3, -0.25) is 5.10 Å². The van der Waals surface area contributed by atoms with Crippen molar-refractivity contribution in [1.29, 1.82) is 0 Å². The predicted octanol–water partition coefficient (Wildman–Crippen LogP) is 2.23. The van der Waals surface area contributed by atoms with E-state index in [1.54, 1.807) is 11.8 Å². The maximum Gasteiger partial charge on any atom is 0.216 e. The minimum absolute atomic E-state index is 0.673.